The molecule has 0 radical (unpaired) electrons. The van der Waals surface area contributed by atoms with Crippen molar-refractivity contribution in [1.82, 2.24) is 4.57 Å². The molecule has 0 saturated heterocycles. The summed E-state index contributed by atoms with van der Waals surface area (Å²) in [6, 6.07) is 100. The summed E-state index contributed by atoms with van der Waals surface area (Å²) in [6.45, 7) is 0. The molecule has 0 N–H and O–H groups in total. The van der Waals surface area contributed by atoms with Crippen LogP contribution in [-0.4, -0.2) is 4.57 Å². The quantitative estimate of drug-likeness (QED) is 0.151. The van der Waals surface area contributed by atoms with Gasteiger partial charge in [0.15, 0.2) is 0 Å². The van der Waals surface area contributed by atoms with Crippen LogP contribution in [0.3, 0.4) is 0 Å². The first-order chi connectivity index (χ1) is 34.8. The number of rotatable bonds is 8. The summed E-state index contributed by atoms with van der Waals surface area (Å²) < 4.78 is 2.42. The van der Waals surface area contributed by atoms with Crippen molar-refractivity contribution in [1.29, 1.82) is 0 Å². The normalized spacial score (nSPS) is 14.1. The Morgan fingerprint density at radius 1 is 0.286 bits per heavy atom. The van der Waals surface area contributed by atoms with E-state index in [0.29, 0.717) is 0 Å². The molecule has 0 saturated carbocycles. The Hall–Kier alpha value is -9.18. The number of benzene rings is 11. The third kappa shape index (κ3) is 5.95. The molecule has 1 spiro atoms. The van der Waals surface area contributed by atoms with Crippen LogP contribution in [0.25, 0.3) is 60.9 Å². The first-order valence-electron chi connectivity index (χ1n) is 24.2. The van der Waals surface area contributed by atoms with E-state index in [1.807, 2.05) is 0 Å². The number of anilines is 6. The number of para-hydroxylation sites is 4. The van der Waals surface area contributed by atoms with Crippen LogP contribution in [0, 0.1) is 0 Å². The maximum Gasteiger partial charge on any atom is 0.0727 e. The van der Waals surface area contributed by atoms with E-state index in [-0.39, 0.29) is 0 Å². The third-order valence-corrected chi connectivity index (χ3v) is 14.7. The highest BCUT2D eigenvalue weighted by Crippen LogP contribution is 2.65. The van der Waals surface area contributed by atoms with Crippen LogP contribution in [-0.2, 0) is 5.41 Å². The minimum absolute atomic E-state index is 0.593. The van der Waals surface area contributed by atoms with Crippen LogP contribution in [0.15, 0.2) is 273 Å². The van der Waals surface area contributed by atoms with Crippen LogP contribution >= 0.6 is 0 Å². The zero-order chi connectivity index (χ0) is 46.2. The van der Waals surface area contributed by atoms with E-state index in [1.165, 1.54) is 71.9 Å². The molecule has 0 bridgehead atoms. The average molecular weight is 892 g/mol. The summed E-state index contributed by atoms with van der Waals surface area (Å²) in [5, 5.41) is 2.46. The van der Waals surface area contributed by atoms with Crippen molar-refractivity contribution >= 4 is 55.9 Å². The van der Waals surface area contributed by atoms with Crippen molar-refractivity contribution in [2.45, 2.75) is 5.41 Å². The lowest BCUT2D eigenvalue weighted by molar-refractivity contribution is 0.793. The van der Waals surface area contributed by atoms with E-state index in [2.05, 4.69) is 287 Å². The van der Waals surface area contributed by atoms with Gasteiger partial charge in [-0.15, -0.1) is 0 Å². The van der Waals surface area contributed by atoms with E-state index in [9.17, 15) is 0 Å². The molecular weight excluding hydrogens is 847 g/mol. The molecule has 328 valence electrons. The van der Waals surface area contributed by atoms with Gasteiger partial charge in [0.25, 0.3) is 0 Å². The predicted molar refractivity (Wildman–Crippen MR) is 292 cm³/mol. The highest BCUT2D eigenvalue weighted by Gasteiger charge is 2.52. The summed E-state index contributed by atoms with van der Waals surface area (Å²) in [5.41, 5.74) is 22.1. The summed E-state index contributed by atoms with van der Waals surface area (Å²) >= 11 is 0. The number of aromatic nitrogens is 1. The summed E-state index contributed by atoms with van der Waals surface area (Å²) in [7, 11) is 0. The molecule has 1 aromatic heterocycles. The summed E-state index contributed by atoms with van der Waals surface area (Å²) in [5.74, 6) is 0. The molecule has 3 nitrogen and oxygen atoms in total. The second-order valence-electron chi connectivity index (χ2n) is 18.4. The van der Waals surface area contributed by atoms with Gasteiger partial charge in [-0.1, -0.05) is 188 Å². The standard InChI is InChI=1S/C67H45N3/c1-5-21-46(22-6-1)47-23-19-30-51(43-47)68(53-40-42-57-56-32-15-18-37-63(56)70(65(57)45-53)50-28-11-4-12-29-50)52-39-41-55-54-31-13-16-34-59(54)67(62(55)44-52)60-35-17-14-33-58(60)66-61(67)36-20-38-64(66)69(48-24-7-2-8-25-48)49-26-9-3-10-27-49/h1-45H. The van der Waals surface area contributed by atoms with Crippen LogP contribution < -0.4 is 9.80 Å². The molecular formula is C67H45N3. The topological polar surface area (TPSA) is 11.4 Å². The van der Waals surface area contributed by atoms with Gasteiger partial charge in [-0.2, -0.15) is 0 Å². The van der Waals surface area contributed by atoms with Crippen molar-refractivity contribution < 1.29 is 0 Å². The number of hydrogen-bond donors (Lipinski definition) is 0. The Balaban J connectivity index is 1.04. The van der Waals surface area contributed by atoms with Crippen molar-refractivity contribution in [3.05, 3.63) is 295 Å². The SMILES string of the molecule is c1ccc(-c2cccc(N(c3ccc4c(c3)C3(c5ccccc5-4)c4ccccc4-c4c(N(c5ccccc5)c5ccccc5)cccc43)c3ccc4c5ccccc5n(-c5ccccc5)c4c3)c2)cc1. The average Bonchev–Trinajstić information content (AvgIpc) is 4.04. The molecule has 14 rings (SSSR count). The van der Waals surface area contributed by atoms with Crippen LogP contribution in [0.5, 0.6) is 0 Å². The minimum atomic E-state index is -0.593. The molecule has 1 unspecified atom stereocenters. The molecule has 11 aromatic carbocycles. The molecule has 3 heteroatoms. The molecule has 2 aliphatic carbocycles. The largest absolute Gasteiger partial charge is 0.310 e. The molecule has 0 amide bonds. The first kappa shape index (κ1) is 39.9. The minimum Gasteiger partial charge on any atom is -0.310 e. The molecule has 1 heterocycles. The molecule has 0 aliphatic heterocycles. The Bertz CT molecular complexity index is 3910. The van der Waals surface area contributed by atoms with Gasteiger partial charge in [0.2, 0.25) is 0 Å². The fourth-order valence-corrected chi connectivity index (χ4v) is 11.9. The van der Waals surface area contributed by atoms with Gasteiger partial charge in [-0.3, -0.25) is 0 Å². The lowest BCUT2D eigenvalue weighted by atomic mass is 9.70. The molecule has 12 aromatic rings. The van der Waals surface area contributed by atoms with Crippen LogP contribution in [0.1, 0.15) is 22.3 Å². The monoisotopic (exact) mass is 891 g/mol. The second kappa shape index (κ2) is 16.0. The number of nitrogens with zero attached hydrogens (tertiary/aromatic N) is 3. The summed E-state index contributed by atoms with van der Waals surface area (Å²) in [6.07, 6.45) is 0. The number of hydrogen-bond acceptors (Lipinski definition) is 2. The van der Waals surface area contributed by atoms with Crippen molar-refractivity contribution in [2.24, 2.45) is 0 Å². The highest BCUT2D eigenvalue weighted by atomic mass is 15.2. The Kier molecular flexibility index (Phi) is 9.11. The van der Waals surface area contributed by atoms with Crippen molar-refractivity contribution in [2.75, 3.05) is 9.80 Å². The fourth-order valence-electron chi connectivity index (χ4n) is 11.9. The van der Waals surface area contributed by atoms with Gasteiger partial charge in [0.1, 0.15) is 0 Å². The third-order valence-electron chi connectivity index (χ3n) is 14.7. The maximum absolute atomic E-state index is 2.51. The maximum atomic E-state index is 2.51. The van der Waals surface area contributed by atoms with E-state index in [4.69, 9.17) is 0 Å². The molecule has 1 atom stereocenters. The molecule has 2 aliphatic rings. The van der Waals surface area contributed by atoms with Crippen molar-refractivity contribution in [3.63, 3.8) is 0 Å². The van der Waals surface area contributed by atoms with Gasteiger partial charge in [-0.05, 0) is 135 Å². The highest BCUT2D eigenvalue weighted by molar-refractivity contribution is 6.10. The van der Waals surface area contributed by atoms with Crippen molar-refractivity contribution in [3.8, 4) is 39.1 Å². The lowest BCUT2D eigenvalue weighted by Gasteiger charge is -2.33. The Morgan fingerprint density at radius 3 is 1.56 bits per heavy atom. The Morgan fingerprint density at radius 2 is 0.800 bits per heavy atom. The van der Waals surface area contributed by atoms with Gasteiger partial charge in [-0.25, -0.2) is 0 Å². The van der Waals surface area contributed by atoms with Gasteiger partial charge in [0, 0.05) is 50.5 Å². The first-order valence-corrected chi connectivity index (χ1v) is 24.2. The second-order valence-corrected chi connectivity index (χ2v) is 18.4. The fraction of sp³-hybridized carbons (Fsp3) is 0.0149. The Labute approximate surface area is 408 Å². The van der Waals surface area contributed by atoms with E-state index in [0.717, 1.165) is 45.3 Å². The van der Waals surface area contributed by atoms with Crippen LogP contribution in [0.2, 0.25) is 0 Å². The molecule has 70 heavy (non-hydrogen) atoms. The van der Waals surface area contributed by atoms with E-state index in [1.54, 1.807) is 0 Å². The molecule has 0 fully saturated rings. The predicted octanol–water partition coefficient (Wildman–Crippen LogP) is 17.7. The zero-order valence-corrected chi connectivity index (χ0v) is 38.3. The van der Waals surface area contributed by atoms with Gasteiger partial charge in [0.05, 0.1) is 22.1 Å². The van der Waals surface area contributed by atoms with Crippen LogP contribution in [0.4, 0.5) is 34.1 Å². The zero-order valence-electron chi connectivity index (χ0n) is 38.3. The number of fused-ring (bicyclic) bond motifs is 13. The van der Waals surface area contributed by atoms with E-state index < -0.39 is 5.41 Å². The lowest BCUT2D eigenvalue weighted by Crippen LogP contribution is -2.26. The van der Waals surface area contributed by atoms with Gasteiger partial charge >= 0.3 is 0 Å². The van der Waals surface area contributed by atoms with Gasteiger partial charge < -0.3 is 14.4 Å². The smallest absolute Gasteiger partial charge is 0.0727 e. The summed E-state index contributed by atoms with van der Waals surface area (Å²) in [4.78, 5) is 4.90. The van der Waals surface area contributed by atoms with E-state index >= 15 is 0 Å².